The average Bonchev–Trinajstić information content (AvgIpc) is 3.73. The van der Waals surface area contributed by atoms with Crippen molar-refractivity contribution in [3.63, 3.8) is 0 Å². The summed E-state index contributed by atoms with van der Waals surface area (Å²) in [4.78, 5) is 17.9. The fourth-order valence-corrected chi connectivity index (χ4v) is 7.07. The Hall–Kier alpha value is -4.19. The number of fused-ring (bicyclic) bond motifs is 2. The fourth-order valence-electron chi connectivity index (χ4n) is 4.98. The van der Waals surface area contributed by atoms with Gasteiger partial charge < -0.3 is 9.67 Å². The van der Waals surface area contributed by atoms with E-state index >= 15 is 0 Å². The Bertz CT molecular complexity index is 2030. The van der Waals surface area contributed by atoms with E-state index in [0.717, 1.165) is 20.7 Å². The molecule has 11 heteroatoms. The van der Waals surface area contributed by atoms with E-state index in [-0.39, 0.29) is 22.2 Å². The smallest absolute Gasteiger partial charge is 0.269 e. The predicted octanol–water partition coefficient (Wildman–Crippen LogP) is 4.60. The minimum absolute atomic E-state index is 0.0582. The van der Waals surface area contributed by atoms with Gasteiger partial charge in [-0.05, 0) is 30.7 Å². The maximum absolute atomic E-state index is 13.6. The van der Waals surface area contributed by atoms with Crippen LogP contribution in [0.1, 0.15) is 24.7 Å². The lowest BCUT2D eigenvalue weighted by Crippen LogP contribution is -2.25. The number of benzene rings is 2. The molecule has 9 nitrogen and oxygen atoms in total. The minimum atomic E-state index is -4.12. The molecular formula is C28H22N6O3S2. The first-order valence-electron chi connectivity index (χ1n) is 12.7. The molecule has 4 aromatic heterocycles. The van der Waals surface area contributed by atoms with Crippen molar-refractivity contribution < 1.29 is 14.9 Å². The summed E-state index contributed by atoms with van der Waals surface area (Å²) in [5.41, 5.74) is 2.52. The lowest BCUT2D eigenvalue weighted by molar-refractivity contribution is 0.0786. The number of aliphatic hydroxyl groups is 1. The summed E-state index contributed by atoms with van der Waals surface area (Å²) in [6, 6.07) is 14.0. The van der Waals surface area contributed by atoms with Gasteiger partial charge in [0.15, 0.2) is 5.65 Å². The third-order valence-corrected chi connectivity index (χ3v) is 9.51. The van der Waals surface area contributed by atoms with Crippen LogP contribution in [0.2, 0.25) is 0 Å². The summed E-state index contributed by atoms with van der Waals surface area (Å²) in [5, 5.41) is 13.8. The van der Waals surface area contributed by atoms with Crippen molar-refractivity contribution in [2.75, 3.05) is 0 Å². The van der Waals surface area contributed by atoms with Gasteiger partial charge in [0.2, 0.25) is 0 Å². The first-order valence-corrected chi connectivity index (χ1v) is 14.5. The van der Waals surface area contributed by atoms with Gasteiger partial charge in [-0.2, -0.15) is 0 Å². The first kappa shape index (κ1) is 22.8. The molecule has 6 aromatic rings. The van der Waals surface area contributed by atoms with Gasteiger partial charge in [0.1, 0.15) is 21.9 Å². The predicted molar refractivity (Wildman–Crippen MR) is 148 cm³/mol. The number of thiazole rings is 1. The second-order valence-corrected chi connectivity index (χ2v) is 12.1. The van der Waals surface area contributed by atoms with E-state index in [0.29, 0.717) is 35.1 Å². The van der Waals surface area contributed by atoms with Crippen molar-refractivity contribution in [3.8, 4) is 21.8 Å². The molecule has 0 saturated carbocycles. The Kier molecular flexibility index (Phi) is 5.06. The number of nitrogens with zero attached hydrogens (tertiary/aromatic N) is 6. The Morgan fingerprint density at radius 3 is 2.74 bits per heavy atom. The van der Waals surface area contributed by atoms with Crippen LogP contribution in [-0.2, 0) is 22.2 Å². The third-order valence-electron chi connectivity index (χ3n) is 7.03. The molecule has 1 atom stereocenters. The SMILES string of the molecule is [2H]c1c(-c2nc(-c3cccc([C@@]4(O)CCn5ccnc54)c3)cs2)c2nccnc2n1S(=O)(=O)c1ccc(C)cc1. The Labute approximate surface area is 229 Å². The molecule has 1 aliphatic heterocycles. The molecule has 5 heterocycles. The molecule has 0 saturated heterocycles. The number of aromatic nitrogens is 6. The monoisotopic (exact) mass is 555 g/mol. The fraction of sp³-hybridized carbons (Fsp3) is 0.143. The standard InChI is InChI=1S/C28H22N6O3S2/c1-18-5-7-21(8-6-18)39(36,37)34-16-22(24-25(34)30-11-10-29-24)26-32-23(17-38-26)19-3-2-4-20(15-19)28(35)9-13-33-14-12-31-27(28)33/h2-8,10-12,14-17,35H,9,13H2,1H3/t28-/m0/s1/i16D. The maximum atomic E-state index is 13.6. The summed E-state index contributed by atoms with van der Waals surface area (Å²) in [7, 11) is -4.12. The van der Waals surface area contributed by atoms with Gasteiger partial charge in [-0.15, -0.1) is 11.3 Å². The van der Waals surface area contributed by atoms with Crippen LogP contribution in [0.25, 0.3) is 33.0 Å². The van der Waals surface area contributed by atoms with Crippen LogP contribution in [0.5, 0.6) is 0 Å². The van der Waals surface area contributed by atoms with E-state index in [1.807, 2.05) is 47.3 Å². The lowest BCUT2D eigenvalue weighted by Gasteiger charge is -2.22. The zero-order valence-electron chi connectivity index (χ0n) is 21.7. The number of imidazole rings is 1. The van der Waals surface area contributed by atoms with Gasteiger partial charge >= 0.3 is 0 Å². The van der Waals surface area contributed by atoms with Crippen LogP contribution in [-0.4, -0.2) is 42.0 Å². The normalized spacial score (nSPS) is 17.4. The molecule has 0 fully saturated rings. The number of hydrogen-bond donors (Lipinski definition) is 1. The van der Waals surface area contributed by atoms with Crippen molar-refractivity contribution in [2.45, 2.75) is 30.4 Å². The zero-order chi connectivity index (χ0) is 27.6. The second kappa shape index (κ2) is 8.67. The first-order chi connectivity index (χ1) is 19.3. The summed E-state index contributed by atoms with van der Waals surface area (Å²) >= 11 is 1.29. The van der Waals surface area contributed by atoms with Crippen molar-refractivity contribution in [2.24, 2.45) is 0 Å². The minimum Gasteiger partial charge on any atom is -0.377 e. The van der Waals surface area contributed by atoms with Crippen molar-refractivity contribution in [1.82, 2.24) is 28.5 Å². The van der Waals surface area contributed by atoms with Crippen LogP contribution in [0, 0.1) is 6.92 Å². The van der Waals surface area contributed by atoms with E-state index in [2.05, 4.69) is 15.0 Å². The summed E-state index contributed by atoms with van der Waals surface area (Å²) in [5.74, 6) is 0.614. The van der Waals surface area contributed by atoms with Crippen LogP contribution >= 0.6 is 11.3 Å². The zero-order valence-corrected chi connectivity index (χ0v) is 22.3. The van der Waals surface area contributed by atoms with Gasteiger partial charge in [0.25, 0.3) is 10.0 Å². The molecule has 7 rings (SSSR count). The van der Waals surface area contributed by atoms with Crippen LogP contribution < -0.4 is 0 Å². The topological polar surface area (TPSA) is 116 Å². The molecule has 1 aliphatic rings. The molecule has 194 valence electrons. The van der Waals surface area contributed by atoms with Crippen molar-refractivity contribution in [1.29, 1.82) is 0 Å². The van der Waals surface area contributed by atoms with E-state index in [9.17, 15) is 13.5 Å². The highest BCUT2D eigenvalue weighted by Gasteiger charge is 2.40. The van der Waals surface area contributed by atoms with Crippen LogP contribution in [0.3, 0.4) is 0 Å². The largest absolute Gasteiger partial charge is 0.377 e. The molecule has 2 aromatic carbocycles. The van der Waals surface area contributed by atoms with Gasteiger partial charge in [-0.3, -0.25) is 4.98 Å². The Balaban J connectivity index is 1.33. The van der Waals surface area contributed by atoms with Crippen LogP contribution in [0.4, 0.5) is 0 Å². The molecule has 0 amide bonds. The molecule has 0 bridgehead atoms. The number of aryl methyl sites for hydroxylation is 2. The molecule has 0 spiro atoms. The Morgan fingerprint density at radius 1 is 1.08 bits per heavy atom. The van der Waals surface area contributed by atoms with E-state index in [1.54, 1.807) is 18.3 Å². The van der Waals surface area contributed by atoms with Crippen molar-refractivity contribution in [3.05, 3.63) is 102 Å². The quantitative estimate of drug-likeness (QED) is 0.330. The maximum Gasteiger partial charge on any atom is 0.269 e. The van der Waals surface area contributed by atoms with Gasteiger partial charge in [0.05, 0.1) is 17.5 Å². The summed E-state index contributed by atoms with van der Waals surface area (Å²) in [6.07, 6.45) is 6.69. The molecular weight excluding hydrogens is 532 g/mol. The Morgan fingerprint density at radius 2 is 1.90 bits per heavy atom. The van der Waals surface area contributed by atoms with Crippen LogP contribution in [0.15, 0.2) is 89.8 Å². The van der Waals surface area contributed by atoms with E-state index in [4.69, 9.17) is 6.35 Å². The summed E-state index contributed by atoms with van der Waals surface area (Å²) in [6.45, 7) is 2.55. The highest BCUT2D eigenvalue weighted by atomic mass is 32.2. The second-order valence-electron chi connectivity index (χ2n) is 9.47. The summed E-state index contributed by atoms with van der Waals surface area (Å²) < 4.78 is 39.1. The average molecular weight is 556 g/mol. The number of rotatable bonds is 5. The van der Waals surface area contributed by atoms with E-state index in [1.165, 1.54) is 35.9 Å². The molecule has 0 aliphatic carbocycles. The number of hydrogen-bond acceptors (Lipinski definition) is 8. The molecule has 0 radical (unpaired) electrons. The lowest BCUT2D eigenvalue weighted by atomic mass is 9.90. The highest BCUT2D eigenvalue weighted by molar-refractivity contribution is 7.90. The molecule has 39 heavy (non-hydrogen) atoms. The van der Waals surface area contributed by atoms with E-state index < -0.39 is 15.6 Å². The molecule has 1 N–H and O–H groups in total. The van der Waals surface area contributed by atoms with Gasteiger partial charge in [-0.25, -0.2) is 27.3 Å². The highest BCUT2D eigenvalue weighted by Crippen LogP contribution is 2.40. The van der Waals surface area contributed by atoms with Gasteiger partial charge in [0, 0.05) is 54.9 Å². The van der Waals surface area contributed by atoms with Gasteiger partial charge in [-0.1, -0.05) is 35.9 Å². The third kappa shape index (κ3) is 3.73. The molecule has 0 unspecified atom stereocenters. The van der Waals surface area contributed by atoms with Crippen molar-refractivity contribution >= 4 is 32.5 Å².